The van der Waals surface area contributed by atoms with E-state index in [1.807, 2.05) is 30.3 Å². The molecule has 140 valence electrons. The second kappa shape index (κ2) is 7.40. The van der Waals surface area contributed by atoms with Crippen LogP contribution in [-0.4, -0.2) is 35.0 Å². The topological polar surface area (TPSA) is 89.1 Å². The third-order valence-corrected chi connectivity index (χ3v) is 4.41. The van der Waals surface area contributed by atoms with Crippen LogP contribution < -0.4 is 14.8 Å². The molecule has 0 bridgehead atoms. The van der Waals surface area contributed by atoms with Crippen LogP contribution in [0.1, 0.15) is 15.9 Å². The van der Waals surface area contributed by atoms with Crippen molar-refractivity contribution in [2.45, 2.75) is 0 Å². The third kappa shape index (κ3) is 3.14. The highest BCUT2D eigenvalue weighted by Gasteiger charge is 2.19. The van der Waals surface area contributed by atoms with E-state index in [0.29, 0.717) is 45.2 Å². The fourth-order valence-electron chi connectivity index (χ4n) is 3.01. The van der Waals surface area contributed by atoms with Crippen LogP contribution in [0.25, 0.3) is 11.0 Å². The monoisotopic (exact) mass is 374 g/mol. The number of ether oxygens (including phenoxy) is 2. The van der Waals surface area contributed by atoms with Crippen molar-refractivity contribution in [3.63, 3.8) is 0 Å². The van der Waals surface area contributed by atoms with Crippen LogP contribution in [-0.2, 0) is 0 Å². The number of carbonyl (C=O) groups is 1. The fraction of sp³-hybridized carbons (Fsp3) is 0.0952. The number of aromatic amines is 1. The highest BCUT2D eigenvalue weighted by molar-refractivity contribution is 6.18. The second-order valence-corrected chi connectivity index (χ2v) is 6.03. The second-order valence-electron chi connectivity index (χ2n) is 6.03. The van der Waals surface area contributed by atoms with E-state index in [0.717, 1.165) is 0 Å². The van der Waals surface area contributed by atoms with Crippen LogP contribution >= 0.6 is 0 Å². The number of nitrogens with one attached hydrogen (secondary N) is 2. The Hall–Kier alpha value is -3.87. The summed E-state index contributed by atoms with van der Waals surface area (Å²) in [6.45, 7) is 0. The van der Waals surface area contributed by atoms with Gasteiger partial charge in [-0.15, -0.1) is 0 Å². The summed E-state index contributed by atoms with van der Waals surface area (Å²) in [7, 11) is 3.17. The summed E-state index contributed by atoms with van der Waals surface area (Å²) in [6.07, 6.45) is 3.10. The maximum Gasteiger partial charge on any atom is 0.195 e. The number of benzene rings is 2. The summed E-state index contributed by atoms with van der Waals surface area (Å²) in [5, 5.41) is 3.87. The summed E-state index contributed by atoms with van der Waals surface area (Å²) >= 11 is 0. The molecule has 0 spiro atoms. The minimum Gasteiger partial charge on any atom is -0.497 e. The van der Waals surface area contributed by atoms with Gasteiger partial charge in [0.15, 0.2) is 5.78 Å². The van der Waals surface area contributed by atoms with Gasteiger partial charge in [0.2, 0.25) is 0 Å². The zero-order valence-corrected chi connectivity index (χ0v) is 15.4. The van der Waals surface area contributed by atoms with Gasteiger partial charge in [-0.1, -0.05) is 30.3 Å². The Morgan fingerprint density at radius 2 is 1.86 bits per heavy atom. The molecule has 2 N–H and O–H groups in total. The molecule has 0 radical (unpaired) electrons. The first kappa shape index (κ1) is 17.5. The lowest BCUT2D eigenvalue weighted by Crippen LogP contribution is -2.03. The van der Waals surface area contributed by atoms with Gasteiger partial charge in [-0.25, -0.2) is 9.97 Å². The lowest BCUT2D eigenvalue weighted by Gasteiger charge is -2.13. The molecular formula is C21H18N4O3. The van der Waals surface area contributed by atoms with E-state index < -0.39 is 0 Å². The smallest absolute Gasteiger partial charge is 0.195 e. The zero-order valence-electron chi connectivity index (χ0n) is 15.4. The van der Waals surface area contributed by atoms with E-state index in [-0.39, 0.29) is 5.78 Å². The molecule has 0 amide bonds. The largest absolute Gasteiger partial charge is 0.497 e. The standard InChI is InChI=1S/C21H18N4O3/c1-27-14-8-9-16(17(10-14)28-2)25-21-18-15(11-22-20(18)23-12-24-21)19(26)13-6-4-3-5-7-13/h3-12H,1-2H3,(H2,22,23,24,25). The number of hydrogen-bond donors (Lipinski definition) is 2. The molecule has 2 aromatic carbocycles. The number of nitrogens with zero attached hydrogens (tertiary/aromatic N) is 2. The predicted octanol–water partition coefficient (Wildman–Crippen LogP) is 3.95. The molecule has 0 saturated heterocycles. The normalized spacial score (nSPS) is 10.6. The van der Waals surface area contributed by atoms with Gasteiger partial charge >= 0.3 is 0 Å². The summed E-state index contributed by atoms with van der Waals surface area (Å²) in [5.41, 5.74) is 2.36. The van der Waals surface area contributed by atoms with Crippen molar-refractivity contribution in [2.24, 2.45) is 0 Å². The molecule has 0 aliphatic rings. The van der Waals surface area contributed by atoms with Gasteiger partial charge < -0.3 is 19.8 Å². The average Bonchev–Trinajstić information content (AvgIpc) is 3.19. The predicted molar refractivity (Wildman–Crippen MR) is 107 cm³/mol. The first-order valence-electron chi connectivity index (χ1n) is 8.62. The number of H-pyrrole nitrogens is 1. The van der Waals surface area contributed by atoms with Crippen LogP contribution in [0.2, 0.25) is 0 Å². The molecule has 4 rings (SSSR count). The van der Waals surface area contributed by atoms with Crippen molar-refractivity contribution >= 4 is 28.3 Å². The van der Waals surface area contributed by atoms with Gasteiger partial charge in [-0.2, -0.15) is 0 Å². The van der Waals surface area contributed by atoms with Crippen LogP contribution in [0.5, 0.6) is 11.5 Å². The Kier molecular flexibility index (Phi) is 4.63. The first-order valence-corrected chi connectivity index (χ1v) is 8.62. The number of methoxy groups -OCH3 is 2. The van der Waals surface area contributed by atoms with Crippen molar-refractivity contribution in [2.75, 3.05) is 19.5 Å². The summed E-state index contributed by atoms with van der Waals surface area (Å²) in [6, 6.07) is 14.5. The third-order valence-electron chi connectivity index (χ3n) is 4.41. The quantitative estimate of drug-likeness (QED) is 0.497. The van der Waals surface area contributed by atoms with Gasteiger partial charge in [0.1, 0.15) is 29.3 Å². The fourth-order valence-corrected chi connectivity index (χ4v) is 3.01. The SMILES string of the molecule is COc1ccc(Nc2ncnc3[nH]cc(C(=O)c4ccccc4)c23)c(OC)c1. The van der Waals surface area contributed by atoms with Gasteiger partial charge in [-0.05, 0) is 12.1 Å². The molecule has 4 aromatic rings. The van der Waals surface area contributed by atoms with Crippen molar-refractivity contribution in [1.82, 2.24) is 15.0 Å². The molecule has 0 saturated carbocycles. The Balaban J connectivity index is 1.79. The molecule has 2 heterocycles. The maximum absolute atomic E-state index is 13.0. The molecule has 0 aliphatic heterocycles. The molecule has 0 atom stereocenters. The molecular weight excluding hydrogens is 356 g/mol. The number of carbonyl (C=O) groups excluding carboxylic acids is 1. The number of anilines is 2. The highest BCUT2D eigenvalue weighted by Crippen LogP contribution is 2.34. The minimum absolute atomic E-state index is 0.105. The summed E-state index contributed by atoms with van der Waals surface area (Å²) in [4.78, 5) is 24.6. The van der Waals surface area contributed by atoms with E-state index in [9.17, 15) is 4.79 Å². The van der Waals surface area contributed by atoms with Crippen molar-refractivity contribution in [3.05, 3.63) is 72.2 Å². The zero-order chi connectivity index (χ0) is 19.5. The van der Waals surface area contributed by atoms with Gasteiger partial charge in [0, 0.05) is 17.8 Å². The molecule has 2 aromatic heterocycles. The van der Waals surface area contributed by atoms with E-state index in [1.54, 1.807) is 38.6 Å². The molecule has 7 heteroatoms. The molecule has 28 heavy (non-hydrogen) atoms. The number of ketones is 1. The summed E-state index contributed by atoms with van der Waals surface area (Å²) < 4.78 is 10.7. The number of rotatable bonds is 6. The first-order chi connectivity index (χ1) is 13.7. The average molecular weight is 374 g/mol. The van der Waals surface area contributed by atoms with Crippen LogP contribution in [0, 0.1) is 0 Å². The summed E-state index contributed by atoms with van der Waals surface area (Å²) in [5.74, 6) is 1.68. The number of aromatic nitrogens is 3. The Morgan fingerprint density at radius 3 is 2.61 bits per heavy atom. The van der Waals surface area contributed by atoms with E-state index in [1.165, 1.54) is 6.33 Å². The van der Waals surface area contributed by atoms with E-state index in [2.05, 4.69) is 20.3 Å². The lowest BCUT2D eigenvalue weighted by molar-refractivity contribution is 0.104. The Labute approximate surface area is 161 Å². The van der Waals surface area contributed by atoms with Crippen LogP contribution in [0.4, 0.5) is 11.5 Å². The molecule has 0 unspecified atom stereocenters. The Bertz CT molecular complexity index is 1140. The van der Waals surface area contributed by atoms with E-state index >= 15 is 0 Å². The number of hydrogen-bond acceptors (Lipinski definition) is 6. The highest BCUT2D eigenvalue weighted by atomic mass is 16.5. The molecule has 7 nitrogen and oxygen atoms in total. The van der Waals surface area contributed by atoms with Crippen molar-refractivity contribution in [1.29, 1.82) is 0 Å². The van der Waals surface area contributed by atoms with Gasteiger partial charge in [0.25, 0.3) is 0 Å². The van der Waals surface area contributed by atoms with Crippen molar-refractivity contribution in [3.8, 4) is 11.5 Å². The van der Waals surface area contributed by atoms with E-state index in [4.69, 9.17) is 9.47 Å². The number of fused-ring (bicyclic) bond motifs is 1. The minimum atomic E-state index is -0.105. The Morgan fingerprint density at radius 1 is 1.04 bits per heavy atom. The maximum atomic E-state index is 13.0. The van der Waals surface area contributed by atoms with Crippen molar-refractivity contribution < 1.29 is 14.3 Å². The van der Waals surface area contributed by atoms with Gasteiger partial charge in [-0.3, -0.25) is 4.79 Å². The van der Waals surface area contributed by atoms with Crippen LogP contribution in [0.3, 0.4) is 0 Å². The van der Waals surface area contributed by atoms with Gasteiger partial charge in [0.05, 0.1) is 30.9 Å². The molecule has 0 aliphatic carbocycles. The lowest BCUT2D eigenvalue weighted by atomic mass is 10.0. The molecule has 0 fully saturated rings. The van der Waals surface area contributed by atoms with Crippen LogP contribution in [0.15, 0.2) is 61.1 Å².